The third kappa shape index (κ3) is 3.03. The molecule has 0 N–H and O–H groups in total. The van der Waals surface area contributed by atoms with Crippen molar-refractivity contribution >= 4 is 11.0 Å². The van der Waals surface area contributed by atoms with Gasteiger partial charge in [-0.25, -0.2) is 4.98 Å². The maximum atomic E-state index is 4.61. The first-order chi connectivity index (χ1) is 12.5. The van der Waals surface area contributed by atoms with Crippen LogP contribution in [0.15, 0.2) is 85.2 Å². The molecule has 130 valence electrons. The van der Waals surface area contributed by atoms with Gasteiger partial charge in [-0.2, -0.15) is 0 Å². The summed E-state index contributed by atoms with van der Waals surface area (Å²) in [4.78, 5) is 4.61. The summed E-state index contributed by atoms with van der Waals surface area (Å²) in [5, 5.41) is 0. The Balaban J connectivity index is 1.87. The molecule has 0 radical (unpaired) electrons. The van der Waals surface area contributed by atoms with E-state index in [4.69, 9.17) is 0 Å². The number of aromatic nitrogens is 2. The summed E-state index contributed by atoms with van der Waals surface area (Å²) in [6, 6.07) is 28.1. The number of imidazole rings is 1. The van der Waals surface area contributed by atoms with Crippen LogP contribution in [0.2, 0.25) is 0 Å². The molecule has 1 atom stereocenters. The van der Waals surface area contributed by atoms with Crippen molar-refractivity contribution in [1.29, 1.82) is 0 Å². The minimum atomic E-state index is 0.109. The normalized spacial score (nSPS) is 13.0. The summed E-state index contributed by atoms with van der Waals surface area (Å²) in [6.07, 6.45) is 1.96. The van der Waals surface area contributed by atoms with Crippen LogP contribution < -0.4 is 0 Å². The zero-order valence-electron chi connectivity index (χ0n) is 15.6. The largest absolute Gasteiger partial charge is 0.319 e. The minimum absolute atomic E-state index is 0.109. The molecule has 0 aliphatic heterocycles. The Bertz CT molecular complexity index is 1010. The summed E-state index contributed by atoms with van der Waals surface area (Å²) in [5.74, 6) is 0. The Hall–Kier alpha value is -2.87. The average Bonchev–Trinajstić information content (AvgIpc) is 3.07. The summed E-state index contributed by atoms with van der Waals surface area (Å²) >= 11 is 0. The van der Waals surface area contributed by atoms with E-state index >= 15 is 0 Å². The second-order valence-electron chi connectivity index (χ2n) is 7.83. The fourth-order valence-corrected chi connectivity index (χ4v) is 3.50. The van der Waals surface area contributed by atoms with Gasteiger partial charge in [0.2, 0.25) is 0 Å². The molecule has 0 aliphatic rings. The first-order valence-electron chi connectivity index (χ1n) is 9.11. The number of rotatable bonds is 3. The van der Waals surface area contributed by atoms with Gasteiger partial charge in [0.1, 0.15) is 0 Å². The summed E-state index contributed by atoms with van der Waals surface area (Å²) in [7, 11) is 0. The molecule has 4 rings (SSSR count). The molecule has 1 aromatic heterocycles. The Morgan fingerprint density at radius 1 is 0.731 bits per heavy atom. The third-order valence-electron chi connectivity index (χ3n) is 4.97. The molecule has 0 spiro atoms. The molecule has 1 unspecified atom stereocenters. The quantitative estimate of drug-likeness (QED) is 0.449. The molecule has 2 heteroatoms. The molecule has 0 aliphatic carbocycles. The molecular formula is C24H24N2. The number of hydrogen-bond donors (Lipinski definition) is 0. The zero-order chi connectivity index (χ0) is 18.1. The van der Waals surface area contributed by atoms with Crippen molar-refractivity contribution in [3.8, 4) is 0 Å². The number of hydrogen-bond acceptors (Lipinski definition) is 1. The lowest BCUT2D eigenvalue weighted by Crippen LogP contribution is -2.14. The average molecular weight is 340 g/mol. The van der Waals surface area contributed by atoms with Crippen LogP contribution in [0.1, 0.15) is 43.5 Å². The summed E-state index contributed by atoms with van der Waals surface area (Å²) in [6.45, 7) is 6.75. The Labute approximate surface area is 155 Å². The minimum Gasteiger partial charge on any atom is -0.319 e. The number of para-hydroxylation sites is 2. The Kier molecular flexibility index (Phi) is 4.12. The molecule has 4 aromatic rings. The molecule has 0 amide bonds. The van der Waals surface area contributed by atoms with Gasteiger partial charge < -0.3 is 4.57 Å². The zero-order valence-corrected chi connectivity index (χ0v) is 15.6. The predicted molar refractivity (Wildman–Crippen MR) is 109 cm³/mol. The maximum absolute atomic E-state index is 4.61. The van der Waals surface area contributed by atoms with Crippen LogP contribution in [0.4, 0.5) is 0 Å². The van der Waals surface area contributed by atoms with E-state index in [0.29, 0.717) is 0 Å². The molecule has 0 fully saturated rings. The van der Waals surface area contributed by atoms with E-state index in [1.807, 2.05) is 12.4 Å². The third-order valence-corrected chi connectivity index (χ3v) is 4.97. The topological polar surface area (TPSA) is 17.8 Å². The van der Waals surface area contributed by atoms with E-state index in [9.17, 15) is 0 Å². The van der Waals surface area contributed by atoms with E-state index in [0.717, 1.165) is 11.0 Å². The second-order valence-corrected chi connectivity index (χ2v) is 7.83. The summed E-state index contributed by atoms with van der Waals surface area (Å²) < 4.78 is 2.27. The molecule has 0 bridgehead atoms. The van der Waals surface area contributed by atoms with E-state index in [1.165, 1.54) is 16.7 Å². The lowest BCUT2D eigenvalue weighted by molar-refractivity contribution is 0.589. The van der Waals surface area contributed by atoms with Crippen molar-refractivity contribution < 1.29 is 0 Å². The van der Waals surface area contributed by atoms with Crippen LogP contribution in [0.3, 0.4) is 0 Å². The van der Waals surface area contributed by atoms with Crippen LogP contribution in [0.25, 0.3) is 11.0 Å². The van der Waals surface area contributed by atoms with Gasteiger partial charge in [0, 0.05) is 0 Å². The first kappa shape index (κ1) is 16.6. The number of fused-ring (bicyclic) bond motifs is 1. The van der Waals surface area contributed by atoms with Gasteiger partial charge in [0.15, 0.2) is 0 Å². The summed E-state index contributed by atoms with van der Waals surface area (Å²) in [5.41, 5.74) is 6.22. The highest BCUT2D eigenvalue weighted by Gasteiger charge is 2.20. The van der Waals surface area contributed by atoms with Crippen molar-refractivity contribution in [2.45, 2.75) is 32.2 Å². The Morgan fingerprint density at radius 2 is 1.35 bits per heavy atom. The molecule has 1 heterocycles. The van der Waals surface area contributed by atoms with Gasteiger partial charge >= 0.3 is 0 Å². The molecule has 2 nitrogen and oxygen atoms in total. The first-order valence-corrected chi connectivity index (χ1v) is 9.11. The SMILES string of the molecule is CC(C)(C)c1ccc(C(c2ccccc2)n2cnc3ccccc32)cc1. The van der Waals surface area contributed by atoms with E-state index in [1.54, 1.807) is 0 Å². The van der Waals surface area contributed by atoms with E-state index in [-0.39, 0.29) is 11.5 Å². The molecule has 0 saturated carbocycles. The molecular weight excluding hydrogens is 316 g/mol. The number of benzene rings is 3. The lowest BCUT2D eigenvalue weighted by atomic mass is 9.85. The highest BCUT2D eigenvalue weighted by Crippen LogP contribution is 2.31. The van der Waals surface area contributed by atoms with Crippen LogP contribution in [-0.4, -0.2) is 9.55 Å². The highest BCUT2D eigenvalue weighted by molar-refractivity contribution is 5.75. The van der Waals surface area contributed by atoms with Gasteiger partial charge in [-0.3, -0.25) is 0 Å². The second kappa shape index (κ2) is 6.45. The van der Waals surface area contributed by atoms with E-state index in [2.05, 4.69) is 103 Å². The van der Waals surface area contributed by atoms with Gasteiger partial charge in [-0.15, -0.1) is 0 Å². The molecule has 0 saturated heterocycles. The lowest BCUT2D eigenvalue weighted by Gasteiger charge is -2.23. The van der Waals surface area contributed by atoms with Crippen molar-refractivity contribution in [2.24, 2.45) is 0 Å². The number of nitrogens with zero attached hydrogens (tertiary/aromatic N) is 2. The van der Waals surface area contributed by atoms with Gasteiger partial charge in [-0.05, 0) is 34.2 Å². The maximum Gasteiger partial charge on any atom is 0.0966 e. The standard InChI is InChI=1S/C24H24N2/c1-24(2,3)20-15-13-19(14-16-20)23(18-9-5-4-6-10-18)26-17-25-21-11-7-8-12-22(21)26/h4-17,23H,1-3H3. The van der Waals surface area contributed by atoms with E-state index < -0.39 is 0 Å². The van der Waals surface area contributed by atoms with Crippen molar-refractivity contribution in [2.75, 3.05) is 0 Å². The van der Waals surface area contributed by atoms with Crippen LogP contribution >= 0.6 is 0 Å². The molecule has 26 heavy (non-hydrogen) atoms. The van der Waals surface area contributed by atoms with Crippen LogP contribution in [0, 0.1) is 0 Å². The smallest absolute Gasteiger partial charge is 0.0966 e. The Morgan fingerprint density at radius 3 is 2.04 bits per heavy atom. The van der Waals surface area contributed by atoms with Crippen LogP contribution in [0.5, 0.6) is 0 Å². The fourth-order valence-electron chi connectivity index (χ4n) is 3.50. The van der Waals surface area contributed by atoms with Crippen LogP contribution in [-0.2, 0) is 5.41 Å². The van der Waals surface area contributed by atoms with Gasteiger partial charge in [0.05, 0.1) is 23.4 Å². The fraction of sp³-hybridized carbons (Fsp3) is 0.208. The van der Waals surface area contributed by atoms with Crippen molar-refractivity contribution in [1.82, 2.24) is 9.55 Å². The van der Waals surface area contributed by atoms with Crippen molar-refractivity contribution in [3.63, 3.8) is 0 Å². The van der Waals surface area contributed by atoms with Crippen molar-refractivity contribution in [3.05, 3.63) is 102 Å². The highest BCUT2D eigenvalue weighted by atomic mass is 15.1. The monoisotopic (exact) mass is 340 g/mol. The van der Waals surface area contributed by atoms with Gasteiger partial charge in [0.25, 0.3) is 0 Å². The predicted octanol–water partition coefficient (Wildman–Crippen LogP) is 5.97. The van der Waals surface area contributed by atoms with Gasteiger partial charge in [-0.1, -0.05) is 87.5 Å². The molecule has 3 aromatic carbocycles.